The molecular weight excluding hydrogens is 296 g/mol. The van der Waals surface area contributed by atoms with Crippen LogP contribution in [0.4, 0.5) is 0 Å². The molecule has 0 radical (unpaired) electrons. The highest BCUT2D eigenvalue weighted by Crippen LogP contribution is 2.22. The first kappa shape index (κ1) is 16.9. The zero-order chi connectivity index (χ0) is 16.1. The van der Waals surface area contributed by atoms with Crippen molar-refractivity contribution in [3.05, 3.63) is 29.8 Å². The number of likely N-dealkylation sites (tertiary alicyclic amines) is 1. The van der Waals surface area contributed by atoms with Gasteiger partial charge in [-0.2, -0.15) is 0 Å². The van der Waals surface area contributed by atoms with Gasteiger partial charge < -0.3 is 10.2 Å². The molecule has 1 aromatic carbocycles. The lowest BCUT2D eigenvalue weighted by molar-refractivity contribution is -0.137. The van der Waals surface area contributed by atoms with Gasteiger partial charge in [-0.25, -0.2) is 0 Å². The first-order valence-electron chi connectivity index (χ1n) is 7.83. The number of amides is 2. The van der Waals surface area contributed by atoms with E-state index >= 15 is 0 Å². The number of carbonyl (C=O) groups is 2. The van der Waals surface area contributed by atoms with Gasteiger partial charge in [0.1, 0.15) is 6.04 Å². The molecule has 1 aliphatic rings. The second-order valence-corrected chi connectivity index (χ2v) is 6.94. The number of thioether (sulfide) groups is 1. The maximum absolute atomic E-state index is 12.4. The number of hydrogen-bond donors (Lipinski definition) is 1. The second-order valence-electron chi connectivity index (χ2n) is 5.60. The molecule has 0 aliphatic carbocycles. The van der Waals surface area contributed by atoms with Crippen molar-refractivity contribution in [2.24, 2.45) is 0 Å². The summed E-state index contributed by atoms with van der Waals surface area (Å²) >= 11 is 1.80. The average molecular weight is 320 g/mol. The van der Waals surface area contributed by atoms with E-state index < -0.39 is 0 Å². The molecule has 0 saturated carbocycles. The monoisotopic (exact) mass is 320 g/mol. The molecule has 1 N–H and O–H groups in total. The molecule has 0 unspecified atom stereocenters. The normalized spacial score (nSPS) is 19.0. The van der Waals surface area contributed by atoms with Gasteiger partial charge in [0.2, 0.25) is 11.8 Å². The highest BCUT2D eigenvalue weighted by atomic mass is 32.2. The average Bonchev–Trinajstić information content (AvgIpc) is 2.98. The molecule has 2 amide bonds. The number of rotatable bonds is 5. The van der Waals surface area contributed by atoms with E-state index in [9.17, 15) is 9.59 Å². The lowest BCUT2D eigenvalue weighted by Gasteiger charge is -2.24. The van der Waals surface area contributed by atoms with Gasteiger partial charge in [-0.05, 0) is 43.2 Å². The van der Waals surface area contributed by atoms with Crippen LogP contribution in [0, 0.1) is 0 Å². The quantitative estimate of drug-likeness (QED) is 0.849. The molecule has 1 aliphatic heterocycles. The smallest absolute Gasteiger partial charge is 0.243 e. The molecule has 120 valence electrons. The Morgan fingerprint density at radius 3 is 2.64 bits per heavy atom. The van der Waals surface area contributed by atoms with Crippen LogP contribution in [0.1, 0.15) is 45.2 Å². The highest BCUT2D eigenvalue weighted by Gasteiger charge is 2.32. The van der Waals surface area contributed by atoms with Gasteiger partial charge in [-0.3, -0.25) is 9.59 Å². The Hall–Kier alpha value is -1.49. The third-order valence-electron chi connectivity index (χ3n) is 4.01. The standard InChI is InChI=1S/C17H24N2O2S/c1-4-22-15-9-7-14(8-10-15)12(2)18-17(21)16-6-5-11-19(16)13(3)20/h7-10,12,16H,4-6,11H2,1-3H3,(H,18,21)/t12-,16+/m1/s1. The van der Waals surface area contributed by atoms with E-state index in [2.05, 4.69) is 36.5 Å². The van der Waals surface area contributed by atoms with Crippen LogP contribution in [0.25, 0.3) is 0 Å². The van der Waals surface area contributed by atoms with Gasteiger partial charge in [-0.1, -0.05) is 19.1 Å². The Labute approximate surface area is 136 Å². The number of hydrogen-bond acceptors (Lipinski definition) is 3. The molecule has 4 nitrogen and oxygen atoms in total. The van der Waals surface area contributed by atoms with Crippen molar-refractivity contribution in [1.29, 1.82) is 0 Å². The third-order valence-corrected chi connectivity index (χ3v) is 4.90. The zero-order valence-electron chi connectivity index (χ0n) is 13.5. The summed E-state index contributed by atoms with van der Waals surface area (Å²) in [5.41, 5.74) is 1.08. The van der Waals surface area contributed by atoms with E-state index in [1.165, 1.54) is 11.8 Å². The summed E-state index contributed by atoms with van der Waals surface area (Å²) in [6.45, 7) is 6.32. The largest absolute Gasteiger partial charge is 0.348 e. The molecule has 22 heavy (non-hydrogen) atoms. The van der Waals surface area contributed by atoms with Gasteiger partial charge in [0, 0.05) is 18.4 Å². The van der Waals surface area contributed by atoms with Gasteiger partial charge in [0.15, 0.2) is 0 Å². The number of benzene rings is 1. The van der Waals surface area contributed by atoms with Gasteiger partial charge in [0.05, 0.1) is 6.04 Å². The fourth-order valence-electron chi connectivity index (χ4n) is 2.83. The molecule has 1 fully saturated rings. The SMILES string of the molecule is CCSc1ccc([C@@H](C)NC(=O)[C@@H]2CCCN2C(C)=O)cc1. The predicted molar refractivity (Wildman–Crippen MR) is 89.8 cm³/mol. The zero-order valence-corrected chi connectivity index (χ0v) is 14.3. The van der Waals surface area contributed by atoms with E-state index in [1.807, 2.05) is 6.92 Å². The summed E-state index contributed by atoms with van der Waals surface area (Å²) in [4.78, 5) is 26.9. The maximum atomic E-state index is 12.4. The van der Waals surface area contributed by atoms with Crippen LogP contribution in [-0.2, 0) is 9.59 Å². The van der Waals surface area contributed by atoms with E-state index in [0.717, 1.165) is 24.2 Å². The summed E-state index contributed by atoms with van der Waals surface area (Å²) in [6, 6.07) is 7.92. The minimum absolute atomic E-state index is 0.0220. The summed E-state index contributed by atoms with van der Waals surface area (Å²) in [5.74, 6) is 0.979. The Morgan fingerprint density at radius 2 is 2.05 bits per heavy atom. The summed E-state index contributed by atoms with van der Waals surface area (Å²) in [7, 11) is 0. The van der Waals surface area contributed by atoms with Crippen LogP contribution in [0.3, 0.4) is 0 Å². The van der Waals surface area contributed by atoms with Crippen LogP contribution in [-0.4, -0.2) is 35.1 Å². The van der Waals surface area contributed by atoms with E-state index in [0.29, 0.717) is 6.54 Å². The van der Waals surface area contributed by atoms with Crippen molar-refractivity contribution in [2.75, 3.05) is 12.3 Å². The van der Waals surface area contributed by atoms with Crippen molar-refractivity contribution in [1.82, 2.24) is 10.2 Å². The van der Waals surface area contributed by atoms with Crippen LogP contribution < -0.4 is 5.32 Å². The highest BCUT2D eigenvalue weighted by molar-refractivity contribution is 7.99. The van der Waals surface area contributed by atoms with E-state index in [4.69, 9.17) is 0 Å². The number of carbonyl (C=O) groups excluding carboxylic acids is 2. The van der Waals surface area contributed by atoms with Crippen molar-refractivity contribution in [3.63, 3.8) is 0 Å². The topological polar surface area (TPSA) is 49.4 Å². The Kier molecular flexibility index (Phi) is 5.89. The summed E-state index contributed by atoms with van der Waals surface area (Å²) < 4.78 is 0. The Morgan fingerprint density at radius 1 is 1.36 bits per heavy atom. The predicted octanol–water partition coefficient (Wildman–Crippen LogP) is 2.99. The first-order chi connectivity index (χ1) is 10.5. The lowest BCUT2D eigenvalue weighted by Crippen LogP contribution is -2.45. The molecule has 2 atom stereocenters. The van der Waals surface area contributed by atoms with Crippen molar-refractivity contribution >= 4 is 23.6 Å². The molecule has 1 heterocycles. The maximum Gasteiger partial charge on any atom is 0.243 e. The molecule has 5 heteroatoms. The van der Waals surface area contributed by atoms with Crippen LogP contribution in [0.5, 0.6) is 0 Å². The molecule has 1 aromatic rings. The summed E-state index contributed by atoms with van der Waals surface area (Å²) in [6.07, 6.45) is 1.65. The van der Waals surface area contributed by atoms with E-state index in [1.54, 1.807) is 16.7 Å². The van der Waals surface area contributed by atoms with Gasteiger partial charge >= 0.3 is 0 Å². The van der Waals surface area contributed by atoms with Crippen LogP contribution >= 0.6 is 11.8 Å². The molecular formula is C17H24N2O2S. The summed E-state index contributed by atoms with van der Waals surface area (Å²) in [5, 5.41) is 3.03. The van der Waals surface area contributed by atoms with Gasteiger partial charge in [0.25, 0.3) is 0 Å². The minimum Gasteiger partial charge on any atom is -0.348 e. The van der Waals surface area contributed by atoms with Crippen molar-refractivity contribution in [2.45, 2.75) is 50.6 Å². The first-order valence-corrected chi connectivity index (χ1v) is 8.81. The molecule has 0 bridgehead atoms. The minimum atomic E-state index is -0.310. The fourth-order valence-corrected chi connectivity index (χ4v) is 3.49. The Bertz CT molecular complexity index is 530. The van der Waals surface area contributed by atoms with Crippen LogP contribution in [0.2, 0.25) is 0 Å². The van der Waals surface area contributed by atoms with Crippen molar-refractivity contribution in [3.8, 4) is 0 Å². The molecule has 2 rings (SSSR count). The number of nitrogens with zero attached hydrogens (tertiary/aromatic N) is 1. The van der Waals surface area contributed by atoms with E-state index in [-0.39, 0.29) is 23.9 Å². The third kappa shape index (κ3) is 4.03. The van der Waals surface area contributed by atoms with Gasteiger partial charge in [-0.15, -0.1) is 11.8 Å². The molecule has 0 spiro atoms. The molecule has 1 saturated heterocycles. The van der Waals surface area contributed by atoms with Crippen LogP contribution in [0.15, 0.2) is 29.2 Å². The Balaban J connectivity index is 1.97. The lowest BCUT2D eigenvalue weighted by atomic mass is 10.1. The molecule has 0 aromatic heterocycles. The fraction of sp³-hybridized carbons (Fsp3) is 0.529. The number of nitrogens with one attached hydrogen (secondary N) is 1. The second kappa shape index (κ2) is 7.68. The van der Waals surface area contributed by atoms with Crippen molar-refractivity contribution < 1.29 is 9.59 Å².